The van der Waals surface area contributed by atoms with Crippen LogP contribution in [0.5, 0.6) is 0 Å². The topological polar surface area (TPSA) is 9.23 Å². The number of hydrogen-bond donors (Lipinski definition) is 0. The van der Waals surface area contributed by atoms with Crippen molar-refractivity contribution in [3.63, 3.8) is 0 Å². The molecular formula is C8H6O. The van der Waals surface area contributed by atoms with Crippen LogP contribution in [0.4, 0.5) is 0 Å². The van der Waals surface area contributed by atoms with E-state index >= 15 is 0 Å². The SMILES string of the molecule is [c]1ccc2c(c1)CO[CH]2. The molecule has 0 bridgehead atoms. The van der Waals surface area contributed by atoms with Gasteiger partial charge in [0.2, 0.25) is 0 Å². The van der Waals surface area contributed by atoms with Crippen molar-refractivity contribution in [1.82, 2.24) is 0 Å². The van der Waals surface area contributed by atoms with Gasteiger partial charge < -0.3 is 4.74 Å². The van der Waals surface area contributed by atoms with Crippen LogP contribution in [0.15, 0.2) is 18.2 Å². The summed E-state index contributed by atoms with van der Waals surface area (Å²) in [4.78, 5) is 0. The highest BCUT2D eigenvalue weighted by molar-refractivity contribution is 5.32. The Bertz CT molecular complexity index is 195. The molecule has 0 unspecified atom stereocenters. The van der Waals surface area contributed by atoms with Crippen LogP contribution in [0.3, 0.4) is 0 Å². The largest absolute Gasteiger partial charge is 0.366 e. The van der Waals surface area contributed by atoms with E-state index in [1.54, 1.807) is 6.61 Å². The molecule has 0 aliphatic carbocycles. The molecule has 1 aromatic carbocycles. The Kier molecular flexibility index (Phi) is 1.03. The van der Waals surface area contributed by atoms with Crippen molar-refractivity contribution in [3.8, 4) is 0 Å². The summed E-state index contributed by atoms with van der Waals surface area (Å²) in [6.07, 6.45) is 0. The average molecular weight is 118 g/mol. The molecule has 0 fully saturated rings. The molecule has 1 aliphatic rings. The Labute approximate surface area is 54.3 Å². The van der Waals surface area contributed by atoms with Crippen molar-refractivity contribution in [2.45, 2.75) is 6.61 Å². The Morgan fingerprint density at radius 3 is 3.44 bits per heavy atom. The van der Waals surface area contributed by atoms with Crippen LogP contribution in [-0.2, 0) is 11.3 Å². The fraction of sp³-hybridized carbons (Fsp3) is 0.125. The molecule has 1 heterocycles. The van der Waals surface area contributed by atoms with Gasteiger partial charge in [0.15, 0.2) is 0 Å². The highest BCUT2D eigenvalue weighted by Crippen LogP contribution is 2.19. The van der Waals surface area contributed by atoms with Crippen molar-refractivity contribution in [2.24, 2.45) is 0 Å². The minimum atomic E-state index is 0.715. The lowest BCUT2D eigenvalue weighted by Gasteiger charge is -1.89. The second-order valence-electron chi connectivity index (χ2n) is 2.05. The molecule has 0 atom stereocenters. The maximum absolute atomic E-state index is 5.07. The summed E-state index contributed by atoms with van der Waals surface area (Å²) in [6, 6.07) is 8.85. The third-order valence-electron chi connectivity index (χ3n) is 1.44. The van der Waals surface area contributed by atoms with Gasteiger partial charge in [-0.1, -0.05) is 12.1 Å². The Morgan fingerprint density at radius 1 is 1.56 bits per heavy atom. The van der Waals surface area contributed by atoms with Gasteiger partial charge in [-0.05, 0) is 23.3 Å². The minimum Gasteiger partial charge on any atom is -0.366 e. The van der Waals surface area contributed by atoms with Crippen molar-refractivity contribution in [3.05, 3.63) is 42.0 Å². The van der Waals surface area contributed by atoms with E-state index in [2.05, 4.69) is 6.07 Å². The van der Waals surface area contributed by atoms with E-state index in [4.69, 9.17) is 4.74 Å². The second-order valence-corrected chi connectivity index (χ2v) is 2.05. The predicted molar refractivity (Wildman–Crippen MR) is 33.5 cm³/mol. The van der Waals surface area contributed by atoms with Gasteiger partial charge in [-0.3, -0.25) is 0 Å². The van der Waals surface area contributed by atoms with Crippen molar-refractivity contribution in [1.29, 1.82) is 0 Å². The highest BCUT2D eigenvalue weighted by atomic mass is 16.5. The zero-order chi connectivity index (χ0) is 6.10. The number of fused-ring (bicyclic) bond motifs is 1. The number of rotatable bonds is 0. The average Bonchev–Trinajstić information content (AvgIpc) is 2.33. The van der Waals surface area contributed by atoms with E-state index < -0.39 is 0 Å². The first-order chi connectivity index (χ1) is 4.47. The van der Waals surface area contributed by atoms with Gasteiger partial charge in [0.1, 0.15) is 6.61 Å². The molecule has 0 spiro atoms. The highest BCUT2D eigenvalue weighted by Gasteiger charge is 2.08. The number of ether oxygens (including phenoxy) is 1. The zero-order valence-electron chi connectivity index (χ0n) is 4.92. The molecule has 1 nitrogen and oxygen atoms in total. The molecule has 0 aromatic heterocycles. The van der Waals surface area contributed by atoms with Crippen LogP contribution < -0.4 is 0 Å². The van der Waals surface area contributed by atoms with Crippen LogP contribution in [-0.4, -0.2) is 0 Å². The first-order valence-electron chi connectivity index (χ1n) is 2.90. The van der Waals surface area contributed by atoms with Crippen LogP contribution in [0, 0.1) is 12.7 Å². The van der Waals surface area contributed by atoms with Gasteiger partial charge in [0, 0.05) is 0 Å². The fourth-order valence-electron chi connectivity index (χ4n) is 0.938. The summed E-state index contributed by atoms with van der Waals surface area (Å²) in [5.41, 5.74) is 2.42. The van der Waals surface area contributed by atoms with Crippen molar-refractivity contribution >= 4 is 0 Å². The van der Waals surface area contributed by atoms with E-state index in [0.29, 0.717) is 6.61 Å². The lowest BCUT2D eigenvalue weighted by Crippen LogP contribution is -1.76. The Morgan fingerprint density at radius 2 is 2.56 bits per heavy atom. The van der Waals surface area contributed by atoms with Gasteiger partial charge >= 0.3 is 0 Å². The van der Waals surface area contributed by atoms with Gasteiger partial charge in [0.25, 0.3) is 0 Å². The molecule has 2 radical (unpaired) electrons. The van der Waals surface area contributed by atoms with Gasteiger partial charge in [-0.2, -0.15) is 0 Å². The maximum atomic E-state index is 5.07. The molecule has 1 aromatic rings. The third kappa shape index (κ3) is 0.736. The van der Waals surface area contributed by atoms with Crippen LogP contribution in [0.2, 0.25) is 0 Å². The van der Waals surface area contributed by atoms with Gasteiger partial charge in [-0.25, -0.2) is 0 Å². The van der Waals surface area contributed by atoms with Gasteiger partial charge in [0.05, 0.1) is 6.61 Å². The molecule has 0 saturated heterocycles. The van der Waals surface area contributed by atoms with Crippen LogP contribution in [0.25, 0.3) is 0 Å². The first-order valence-corrected chi connectivity index (χ1v) is 2.90. The summed E-state index contributed by atoms with van der Waals surface area (Å²) in [7, 11) is 0. The molecule has 9 heavy (non-hydrogen) atoms. The summed E-state index contributed by atoms with van der Waals surface area (Å²) in [5, 5.41) is 0. The fourth-order valence-corrected chi connectivity index (χ4v) is 0.938. The number of hydrogen-bond acceptors (Lipinski definition) is 1. The van der Waals surface area contributed by atoms with E-state index in [-0.39, 0.29) is 0 Å². The van der Waals surface area contributed by atoms with Crippen LogP contribution >= 0.6 is 0 Å². The Hall–Kier alpha value is -0.820. The van der Waals surface area contributed by atoms with Crippen LogP contribution in [0.1, 0.15) is 11.1 Å². The maximum Gasteiger partial charge on any atom is 0.114 e. The summed E-state index contributed by atoms with van der Waals surface area (Å²) in [6.45, 7) is 2.50. The molecule has 0 saturated carbocycles. The van der Waals surface area contributed by atoms with Gasteiger partial charge in [-0.15, -0.1) is 0 Å². The quantitative estimate of drug-likeness (QED) is 0.502. The normalized spacial score (nSPS) is 15.6. The molecular weight excluding hydrogens is 112 g/mol. The summed E-state index contributed by atoms with van der Waals surface area (Å²) >= 11 is 0. The summed E-state index contributed by atoms with van der Waals surface area (Å²) in [5.74, 6) is 0. The first kappa shape index (κ1) is 5.00. The molecule has 1 aliphatic heterocycles. The van der Waals surface area contributed by atoms with E-state index in [0.717, 1.165) is 0 Å². The van der Waals surface area contributed by atoms with Crippen molar-refractivity contribution in [2.75, 3.05) is 0 Å². The van der Waals surface area contributed by atoms with Crippen molar-refractivity contribution < 1.29 is 4.74 Å². The second kappa shape index (κ2) is 1.85. The Balaban J connectivity index is 2.54. The van der Waals surface area contributed by atoms with E-state index in [9.17, 15) is 0 Å². The lowest BCUT2D eigenvalue weighted by molar-refractivity contribution is 0.223. The molecule has 2 rings (SSSR count). The molecule has 44 valence electrons. The van der Waals surface area contributed by atoms with E-state index in [1.807, 2.05) is 18.2 Å². The minimum absolute atomic E-state index is 0.715. The molecule has 0 amide bonds. The molecule has 1 heteroatoms. The zero-order valence-corrected chi connectivity index (χ0v) is 4.92. The standard InChI is InChI=1S/C8H6O/c1-2-4-8-6-9-5-7(8)3-1/h1,3-5H,6H2. The van der Waals surface area contributed by atoms with E-state index in [1.165, 1.54) is 11.1 Å². The number of benzene rings is 1. The predicted octanol–water partition coefficient (Wildman–Crippen LogP) is 1.53. The monoisotopic (exact) mass is 118 g/mol. The smallest absolute Gasteiger partial charge is 0.114 e. The third-order valence-corrected chi connectivity index (χ3v) is 1.44. The molecule has 0 N–H and O–H groups in total. The summed E-state index contributed by atoms with van der Waals surface area (Å²) < 4.78 is 5.07. The lowest BCUT2D eigenvalue weighted by atomic mass is 10.1.